The molecule has 1 aromatic heterocycles. The zero-order valence-corrected chi connectivity index (χ0v) is 24.4. The lowest BCUT2D eigenvalue weighted by Crippen LogP contribution is -2.32. The number of Topliss-reactive ketones (excluding diaryl/α,β-unsaturated/α-hetero) is 2. The van der Waals surface area contributed by atoms with Crippen LogP contribution in [0.15, 0.2) is 36.4 Å². The van der Waals surface area contributed by atoms with Gasteiger partial charge in [0.1, 0.15) is 0 Å². The Morgan fingerprint density at radius 2 is 1.08 bits per heavy atom. The number of rotatable bonds is 11. The van der Waals surface area contributed by atoms with Crippen molar-refractivity contribution in [1.82, 2.24) is 14.4 Å². The Balaban J connectivity index is 1.35. The van der Waals surface area contributed by atoms with Gasteiger partial charge in [-0.1, -0.05) is 26.7 Å². The summed E-state index contributed by atoms with van der Waals surface area (Å²) in [6.45, 7) is 13.8. The van der Waals surface area contributed by atoms with Crippen LogP contribution in [0.1, 0.15) is 92.9 Å². The highest BCUT2D eigenvalue weighted by atomic mass is 16.1. The molecular weight excluding hydrogens is 482 g/mol. The molecule has 39 heavy (non-hydrogen) atoms. The largest absolute Gasteiger partial charge is 0.341 e. The molecule has 0 saturated carbocycles. The molecule has 0 N–H and O–H groups in total. The van der Waals surface area contributed by atoms with Crippen LogP contribution < -0.4 is 0 Å². The number of hydrogen-bond acceptors (Lipinski definition) is 4. The molecule has 210 valence electrons. The minimum atomic E-state index is 0.00166. The van der Waals surface area contributed by atoms with Crippen molar-refractivity contribution in [3.8, 4) is 0 Å². The summed E-state index contributed by atoms with van der Waals surface area (Å²) in [5.74, 6) is 0.457. The van der Waals surface area contributed by atoms with Crippen LogP contribution >= 0.6 is 0 Å². The first kappa shape index (κ1) is 28.0. The van der Waals surface area contributed by atoms with Crippen molar-refractivity contribution in [2.75, 3.05) is 39.3 Å². The lowest BCUT2D eigenvalue weighted by molar-refractivity contribution is 0.0904. The van der Waals surface area contributed by atoms with E-state index in [4.69, 9.17) is 0 Å². The Morgan fingerprint density at radius 1 is 0.667 bits per heavy atom. The van der Waals surface area contributed by atoms with E-state index in [1.165, 1.54) is 64.7 Å². The van der Waals surface area contributed by atoms with Gasteiger partial charge in [0.05, 0.1) is 0 Å². The van der Waals surface area contributed by atoms with E-state index < -0.39 is 0 Å². The van der Waals surface area contributed by atoms with Gasteiger partial charge in [0.2, 0.25) is 0 Å². The summed E-state index contributed by atoms with van der Waals surface area (Å²) >= 11 is 0. The highest BCUT2D eigenvalue weighted by Crippen LogP contribution is 2.32. The van der Waals surface area contributed by atoms with Crippen LogP contribution in [0.4, 0.5) is 0 Å². The number of nitrogens with zero attached hydrogens (tertiary/aromatic N) is 3. The molecule has 3 heterocycles. The van der Waals surface area contributed by atoms with E-state index >= 15 is 0 Å². The minimum Gasteiger partial charge on any atom is -0.341 e. The van der Waals surface area contributed by atoms with Crippen molar-refractivity contribution in [2.45, 2.75) is 78.7 Å². The zero-order chi connectivity index (χ0) is 27.4. The first-order valence-corrected chi connectivity index (χ1v) is 15.6. The average Bonchev–Trinajstić information content (AvgIpc) is 3.31. The van der Waals surface area contributed by atoms with Crippen molar-refractivity contribution in [1.29, 1.82) is 0 Å². The normalized spacial score (nSPS) is 18.9. The molecule has 2 unspecified atom stereocenters. The van der Waals surface area contributed by atoms with Crippen LogP contribution in [0.25, 0.3) is 21.8 Å². The van der Waals surface area contributed by atoms with Gasteiger partial charge in [0, 0.05) is 51.3 Å². The van der Waals surface area contributed by atoms with Crippen molar-refractivity contribution >= 4 is 33.4 Å². The van der Waals surface area contributed by atoms with Gasteiger partial charge in [0.15, 0.2) is 11.6 Å². The summed E-state index contributed by atoms with van der Waals surface area (Å²) < 4.78 is 2.30. The van der Waals surface area contributed by atoms with Crippen LogP contribution in [0.5, 0.6) is 0 Å². The maximum atomic E-state index is 13.5. The second-order valence-electron chi connectivity index (χ2n) is 12.1. The Morgan fingerprint density at radius 3 is 1.46 bits per heavy atom. The van der Waals surface area contributed by atoms with Gasteiger partial charge in [-0.2, -0.15) is 0 Å². The highest BCUT2D eigenvalue weighted by Gasteiger charge is 2.22. The molecular formula is C34H47N3O2. The summed E-state index contributed by atoms with van der Waals surface area (Å²) in [6, 6.07) is 12.4. The Kier molecular flexibility index (Phi) is 9.19. The number of carbonyl (C=O) groups excluding carboxylic acids is 2. The summed E-state index contributed by atoms with van der Waals surface area (Å²) in [5, 5.41) is 2.16. The smallest absolute Gasteiger partial charge is 0.165 e. The Labute approximate surface area is 234 Å². The zero-order valence-electron chi connectivity index (χ0n) is 24.4. The van der Waals surface area contributed by atoms with Gasteiger partial charge in [-0.3, -0.25) is 9.59 Å². The average molecular weight is 530 g/mol. The SMILES string of the molecule is CCn1c2ccc(C(=O)C(C)CCN3CCCCC3)cc2c2cc(C(=O)C(C)CCN3CCCCC3)ccc21. The third-order valence-corrected chi connectivity index (χ3v) is 9.30. The second-order valence-corrected chi connectivity index (χ2v) is 12.1. The molecule has 2 aromatic carbocycles. The molecule has 5 nitrogen and oxygen atoms in total. The fourth-order valence-electron chi connectivity index (χ4n) is 6.70. The van der Waals surface area contributed by atoms with Crippen LogP contribution in [-0.2, 0) is 6.54 Å². The molecule has 0 radical (unpaired) electrons. The number of aromatic nitrogens is 1. The molecule has 5 rings (SSSR count). The third kappa shape index (κ3) is 6.30. The molecule has 2 aliphatic rings. The maximum absolute atomic E-state index is 13.5. The van der Waals surface area contributed by atoms with Crippen molar-refractivity contribution in [3.63, 3.8) is 0 Å². The van der Waals surface area contributed by atoms with Gasteiger partial charge in [0.25, 0.3) is 0 Å². The molecule has 3 aromatic rings. The van der Waals surface area contributed by atoms with E-state index in [1.807, 2.05) is 12.1 Å². The van der Waals surface area contributed by atoms with Crippen LogP contribution in [0, 0.1) is 11.8 Å². The molecule has 0 amide bonds. The van der Waals surface area contributed by atoms with Gasteiger partial charge in [-0.25, -0.2) is 0 Å². The summed E-state index contributed by atoms with van der Waals surface area (Å²) in [7, 11) is 0. The summed E-state index contributed by atoms with van der Waals surface area (Å²) in [5.41, 5.74) is 3.84. The van der Waals surface area contributed by atoms with Crippen LogP contribution in [0.2, 0.25) is 0 Å². The first-order valence-electron chi connectivity index (χ1n) is 15.6. The van der Waals surface area contributed by atoms with Gasteiger partial charge in [-0.05, 0) is 121 Å². The van der Waals surface area contributed by atoms with Gasteiger partial charge in [-0.15, -0.1) is 0 Å². The lowest BCUT2D eigenvalue weighted by Gasteiger charge is -2.27. The lowest BCUT2D eigenvalue weighted by atomic mass is 9.93. The number of ketones is 2. The standard InChI is InChI=1S/C34H47N3O2/c1-4-37-31-13-11-27(33(38)25(2)15-21-35-17-7-5-8-18-35)23-29(31)30-24-28(12-14-32(30)37)34(39)26(3)16-22-36-19-9-6-10-20-36/h11-14,23-26H,4-10,15-22H2,1-3H3. The number of benzene rings is 2. The van der Waals surface area contributed by atoms with E-state index in [1.54, 1.807) is 0 Å². The molecule has 0 spiro atoms. The predicted molar refractivity (Wildman–Crippen MR) is 162 cm³/mol. The van der Waals surface area contributed by atoms with Crippen molar-refractivity contribution in [2.24, 2.45) is 11.8 Å². The molecule has 0 aliphatic carbocycles. The monoisotopic (exact) mass is 529 g/mol. The number of piperidine rings is 2. The third-order valence-electron chi connectivity index (χ3n) is 9.30. The molecule has 2 saturated heterocycles. The van der Waals surface area contributed by atoms with Gasteiger partial charge >= 0.3 is 0 Å². The molecule has 2 atom stereocenters. The van der Waals surface area contributed by atoms with Crippen molar-refractivity contribution < 1.29 is 9.59 Å². The number of carbonyl (C=O) groups is 2. The summed E-state index contributed by atoms with van der Waals surface area (Å²) in [4.78, 5) is 31.9. The molecule has 2 aliphatic heterocycles. The van der Waals surface area contributed by atoms with E-state index in [2.05, 4.69) is 59.4 Å². The van der Waals surface area contributed by atoms with E-state index in [0.717, 1.165) is 65.4 Å². The van der Waals surface area contributed by atoms with Crippen molar-refractivity contribution in [3.05, 3.63) is 47.5 Å². The fraction of sp³-hybridized carbons (Fsp3) is 0.588. The number of likely N-dealkylation sites (tertiary alicyclic amines) is 2. The van der Waals surface area contributed by atoms with E-state index in [0.29, 0.717) is 0 Å². The Hall–Kier alpha value is -2.50. The molecule has 2 fully saturated rings. The fourth-order valence-corrected chi connectivity index (χ4v) is 6.70. The highest BCUT2D eigenvalue weighted by molar-refractivity contribution is 6.13. The first-order chi connectivity index (χ1) is 19.0. The second kappa shape index (κ2) is 12.8. The maximum Gasteiger partial charge on any atom is 0.165 e. The number of hydrogen-bond donors (Lipinski definition) is 0. The number of fused-ring (bicyclic) bond motifs is 3. The minimum absolute atomic E-state index is 0.00166. The Bertz CT molecular complexity index is 1200. The molecule has 0 bridgehead atoms. The van der Waals surface area contributed by atoms with E-state index in [-0.39, 0.29) is 23.4 Å². The van der Waals surface area contributed by atoms with Gasteiger partial charge < -0.3 is 14.4 Å². The number of aryl methyl sites for hydroxylation is 1. The topological polar surface area (TPSA) is 45.6 Å². The van der Waals surface area contributed by atoms with E-state index in [9.17, 15) is 9.59 Å². The predicted octanol–water partition coefficient (Wildman–Crippen LogP) is 7.20. The van der Waals surface area contributed by atoms with Crippen LogP contribution in [0.3, 0.4) is 0 Å². The van der Waals surface area contributed by atoms with Crippen LogP contribution in [-0.4, -0.2) is 65.2 Å². The quantitative estimate of drug-likeness (QED) is 0.246. The summed E-state index contributed by atoms with van der Waals surface area (Å²) in [6.07, 6.45) is 9.60. The molecule has 5 heteroatoms.